The molecule has 0 fully saturated rings. The summed E-state index contributed by atoms with van der Waals surface area (Å²) in [6, 6.07) is 11.1. The zero-order valence-corrected chi connectivity index (χ0v) is 14.5. The lowest BCUT2D eigenvalue weighted by Gasteiger charge is -2.12. The Hall–Kier alpha value is -3.48. The Balaban J connectivity index is 2.48. The van der Waals surface area contributed by atoms with Crippen molar-refractivity contribution in [1.82, 2.24) is 0 Å². The Bertz CT molecular complexity index is 955. The van der Waals surface area contributed by atoms with Gasteiger partial charge in [-0.25, -0.2) is 0 Å². The Morgan fingerprint density at radius 3 is 2.81 bits per heavy atom. The molecule has 0 radical (unpaired) electrons. The third kappa shape index (κ3) is 4.32. The van der Waals surface area contributed by atoms with Gasteiger partial charge in [0.1, 0.15) is 6.61 Å². The van der Waals surface area contributed by atoms with E-state index in [1.807, 2.05) is 6.07 Å². The largest absolute Gasteiger partial charge is 0.493 e. The van der Waals surface area contributed by atoms with Gasteiger partial charge in [0.05, 0.1) is 28.7 Å². The lowest BCUT2D eigenvalue weighted by Crippen LogP contribution is -1.98. The molecule has 0 amide bonds. The molecule has 0 spiro atoms. The van der Waals surface area contributed by atoms with Crippen molar-refractivity contribution in [3.8, 4) is 29.9 Å². The number of nitro benzene ring substituents is 1. The molecular weight excluding hydrogens is 356 g/mol. The van der Waals surface area contributed by atoms with Gasteiger partial charge >= 0.3 is 0 Å². The van der Waals surface area contributed by atoms with Crippen LogP contribution in [0, 0.1) is 33.8 Å². The molecule has 2 aromatic rings. The van der Waals surface area contributed by atoms with Crippen molar-refractivity contribution in [2.75, 3.05) is 13.7 Å². The highest BCUT2D eigenvalue weighted by Gasteiger charge is 2.13. The minimum Gasteiger partial charge on any atom is -0.493 e. The maximum Gasteiger partial charge on any atom is 0.270 e. The fraction of sp³-hybridized carbons (Fsp3) is 0.105. The number of ether oxygens (including phenoxy) is 2. The van der Waals surface area contributed by atoms with Crippen molar-refractivity contribution in [1.29, 1.82) is 5.26 Å². The first-order valence-corrected chi connectivity index (χ1v) is 7.68. The molecule has 0 bridgehead atoms. The second-order valence-corrected chi connectivity index (χ2v) is 5.41. The van der Waals surface area contributed by atoms with E-state index in [0.717, 1.165) is 0 Å². The van der Waals surface area contributed by atoms with Gasteiger partial charge in [0.15, 0.2) is 11.5 Å². The fourth-order valence-corrected chi connectivity index (χ4v) is 2.48. The molecule has 0 saturated heterocycles. The van der Waals surface area contributed by atoms with Crippen LogP contribution in [0.15, 0.2) is 36.4 Å². The van der Waals surface area contributed by atoms with E-state index in [1.165, 1.54) is 25.3 Å². The lowest BCUT2D eigenvalue weighted by atomic mass is 10.0. The summed E-state index contributed by atoms with van der Waals surface area (Å²) in [5, 5.41) is 20.6. The standard InChI is InChI=1S/C19H13ClN2O4/c1-3-7-26-19-17(20)9-13(10-18(19)25-2)8-15(12-21)14-5-4-6-16(11-14)22(23)24/h1,4-6,8-11H,7H2,2H3. The molecule has 0 aliphatic carbocycles. The number of rotatable bonds is 6. The summed E-state index contributed by atoms with van der Waals surface area (Å²) in [6.45, 7) is 0.0302. The smallest absolute Gasteiger partial charge is 0.270 e. The van der Waals surface area contributed by atoms with Crippen LogP contribution in [-0.2, 0) is 0 Å². The van der Waals surface area contributed by atoms with Crippen LogP contribution < -0.4 is 9.47 Å². The first-order chi connectivity index (χ1) is 12.5. The molecule has 0 aromatic heterocycles. The number of nitro groups is 1. The van der Waals surface area contributed by atoms with Gasteiger partial charge in [-0.1, -0.05) is 29.7 Å². The van der Waals surface area contributed by atoms with Crippen LogP contribution in [0.3, 0.4) is 0 Å². The molecule has 26 heavy (non-hydrogen) atoms. The Morgan fingerprint density at radius 2 is 2.19 bits per heavy atom. The van der Waals surface area contributed by atoms with Crippen LogP contribution in [0.2, 0.25) is 5.02 Å². The molecule has 7 heteroatoms. The average Bonchev–Trinajstić information content (AvgIpc) is 2.64. The van der Waals surface area contributed by atoms with E-state index in [2.05, 4.69) is 5.92 Å². The number of methoxy groups -OCH3 is 1. The SMILES string of the molecule is C#CCOc1c(Cl)cc(C=C(C#N)c2cccc([N+](=O)[O-])c2)cc1OC. The van der Waals surface area contributed by atoms with Crippen LogP contribution in [0.4, 0.5) is 5.69 Å². The lowest BCUT2D eigenvalue weighted by molar-refractivity contribution is -0.384. The molecule has 0 aliphatic rings. The van der Waals surface area contributed by atoms with Gasteiger partial charge in [-0.15, -0.1) is 6.42 Å². The van der Waals surface area contributed by atoms with Gasteiger partial charge in [0, 0.05) is 12.1 Å². The Labute approximate surface area is 155 Å². The third-order valence-corrected chi connectivity index (χ3v) is 3.63. The maximum absolute atomic E-state index is 10.9. The molecule has 2 rings (SSSR count). The molecule has 2 aromatic carbocycles. The Kier molecular flexibility index (Phi) is 6.21. The highest BCUT2D eigenvalue weighted by atomic mass is 35.5. The number of halogens is 1. The van der Waals surface area contributed by atoms with E-state index < -0.39 is 4.92 Å². The number of benzene rings is 2. The zero-order chi connectivity index (χ0) is 19.1. The molecular formula is C19H13ClN2O4. The van der Waals surface area contributed by atoms with E-state index in [4.69, 9.17) is 27.5 Å². The molecule has 0 saturated carbocycles. The first-order valence-electron chi connectivity index (χ1n) is 7.30. The van der Waals surface area contributed by atoms with Gasteiger partial charge in [0.25, 0.3) is 5.69 Å². The summed E-state index contributed by atoms with van der Waals surface area (Å²) >= 11 is 6.21. The van der Waals surface area contributed by atoms with E-state index >= 15 is 0 Å². The van der Waals surface area contributed by atoms with Crippen molar-refractivity contribution in [3.63, 3.8) is 0 Å². The Morgan fingerprint density at radius 1 is 1.42 bits per heavy atom. The molecule has 0 atom stereocenters. The summed E-state index contributed by atoms with van der Waals surface area (Å²) < 4.78 is 10.6. The van der Waals surface area contributed by atoms with Crippen molar-refractivity contribution < 1.29 is 14.4 Å². The summed E-state index contributed by atoms with van der Waals surface area (Å²) in [4.78, 5) is 10.4. The number of hydrogen-bond donors (Lipinski definition) is 0. The van der Waals surface area contributed by atoms with Gasteiger partial charge in [-0.2, -0.15) is 5.26 Å². The number of non-ortho nitro benzene ring substituents is 1. The summed E-state index contributed by atoms with van der Waals surface area (Å²) in [7, 11) is 1.45. The molecule has 0 aliphatic heterocycles. The topological polar surface area (TPSA) is 85.4 Å². The molecule has 0 unspecified atom stereocenters. The predicted octanol–water partition coefficient (Wildman–Crippen LogP) is 4.33. The van der Waals surface area contributed by atoms with Crippen molar-refractivity contribution in [3.05, 3.63) is 62.7 Å². The highest BCUT2D eigenvalue weighted by Crippen LogP contribution is 2.37. The molecule has 130 valence electrons. The average molecular weight is 369 g/mol. The second-order valence-electron chi connectivity index (χ2n) is 5.00. The fourth-order valence-electron chi connectivity index (χ4n) is 2.21. The highest BCUT2D eigenvalue weighted by molar-refractivity contribution is 6.32. The van der Waals surface area contributed by atoms with Crippen LogP contribution in [-0.4, -0.2) is 18.6 Å². The summed E-state index contributed by atoms with van der Waals surface area (Å²) in [5.41, 5.74) is 1.13. The van der Waals surface area contributed by atoms with E-state index in [0.29, 0.717) is 22.6 Å². The quantitative estimate of drug-likeness (QED) is 0.249. The second kappa shape index (κ2) is 8.57. The van der Waals surface area contributed by atoms with E-state index in [1.54, 1.807) is 24.3 Å². The first kappa shape index (κ1) is 18.9. The number of terminal acetylenes is 1. The van der Waals surface area contributed by atoms with Gasteiger partial charge in [0.2, 0.25) is 0 Å². The van der Waals surface area contributed by atoms with Crippen LogP contribution in [0.25, 0.3) is 11.6 Å². The number of nitriles is 1. The monoisotopic (exact) mass is 368 g/mol. The zero-order valence-electron chi connectivity index (χ0n) is 13.7. The molecule has 0 N–H and O–H groups in total. The maximum atomic E-state index is 10.9. The minimum atomic E-state index is -0.518. The van der Waals surface area contributed by atoms with Crippen molar-refractivity contribution in [2.24, 2.45) is 0 Å². The number of nitrogens with zero attached hydrogens (tertiary/aromatic N) is 2. The van der Waals surface area contributed by atoms with E-state index in [-0.39, 0.29) is 22.9 Å². The van der Waals surface area contributed by atoms with Crippen molar-refractivity contribution >= 4 is 28.9 Å². The number of hydrogen-bond acceptors (Lipinski definition) is 5. The molecule has 6 nitrogen and oxygen atoms in total. The normalized spacial score (nSPS) is 10.5. The summed E-state index contributed by atoms with van der Waals surface area (Å²) in [5.74, 6) is 3.00. The number of allylic oxidation sites excluding steroid dienone is 1. The van der Waals surface area contributed by atoms with Crippen LogP contribution >= 0.6 is 11.6 Å². The van der Waals surface area contributed by atoms with E-state index in [9.17, 15) is 15.4 Å². The van der Waals surface area contributed by atoms with Gasteiger partial charge < -0.3 is 9.47 Å². The van der Waals surface area contributed by atoms with Gasteiger partial charge in [-0.3, -0.25) is 10.1 Å². The van der Waals surface area contributed by atoms with Gasteiger partial charge in [-0.05, 0) is 29.3 Å². The van der Waals surface area contributed by atoms with Crippen molar-refractivity contribution in [2.45, 2.75) is 0 Å². The molecule has 0 heterocycles. The third-order valence-electron chi connectivity index (χ3n) is 3.35. The van der Waals surface area contributed by atoms with Crippen LogP contribution in [0.1, 0.15) is 11.1 Å². The predicted molar refractivity (Wildman–Crippen MR) is 98.9 cm³/mol. The minimum absolute atomic E-state index is 0.0302. The summed E-state index contributed by atoms with van der Waals surface area (Å²) in [6.07, 6.45) is 6.73. The van der Waals surface area contributed by atoms with Crippen LogP contribution in [0.5, 0.6) is 11.5 Å².